The second-order valence-corrected chi connectivity index (χ2v) is 6.91. The molecule has 1 amide bonds. The zero-order chi connectivity index (χ0) is 21.6. The van der Waals surface area contributed by atoms with Crippen LogP contribution in [0.5, 0.6) is 5.75 Å². The number of nitrogens with one attached hydrogen (secondary N) is 3. The van der Waals surface area contributed by atoms with Crippen LogP contribution >= 0.6 is 0 Å². The molecule has 0 saturated carbocycles. The number of ether oxygens (including phenoxy) is 2. The maximum absolute atomic E-state index is 14.3. The molecule has 1 fully saturated rings. The fraction of sp³-hybridized carbons (Fsp3) is 0.227. The van der Waals surface area contributed by atoms with Gasteiger partial charge in [-0.25, -0.2) is 9.37 Å². The highest BCUT2D eigenvalue weighted by molar-refractivity contribution is 5.96. The third-order valence-corrected chi connectivity index (χ3v) is 4.35. The summed E-state index contributed by atoms with van der Waals surface area (Å²) < 4.78 is 24.8. The first kappa shape index (κ1) is 20.5. The number of anilines is 5. The molecular weight excluding hydrogens is 401 g/mol. The van der Waals surface area contributed by atoms with Crippen molar-refractivity contribution >= 4 is 34.7 Å². The van der Waals surface area contributed by atoms with Gasteiger partial charge < -0.3 is 25.4 Å². The second kappa shape index (κ2) is 9.40. The summed E-state index contributed by atoms with van der Waals surface area (Å²) in [6.45, 7) is 3.13. The Balaban J connectivity index is 1.43. The van der Waals surface area contributed by atoms with E-state index in [0.29, 0.717) is 24.6 Å². The van der Waals surface area contributed by atoms with Crippen LogP contribution in [0.1, 0.15) is 13.3 Å². The Morgan fingerprint density at radius 3 is 2.68 bits per heavy atom. The van der Waals surface area contributed by atoms with E-state index in [9.17, 15) is 9.18 Å². The highest BCUT2D eigenvalue weighted by atomic mass is 19.1. The van der Waals surface area contributed by atoms with Crippen LogP contribution in [-0.2, 0) is 9.53 Å². The normalized spacial score (nSPS) is 14.6. The highest BCUT2D eigenvalue weighted by Gasteiger charge is 2.31. The van der Waals surface area contributed by atoms with Gasteiger partial charge >= 0.3 is 0 Å². The van der Waals surface area contributed by atoms with Crippen LogP contribution in [0, 0.1) is 5.82 Å². The van der Waals surface area contributed by atoms with Gasteiger partial charge in [0.15, 0.2) is 17.7 Å². The Bertz CT molecular complexity index is 1060. The van der Waals surface area contributed by atoms with Crippen molar-refractivity contribution in [2.24, 2.45) is 0 Å². The summed E-state index contributed by atoms with van der Waals surface area (Å²) in [5, 5.41) is 8.72. The van der Waals surface area contributed by atoms with Crippen LogP contribution in [0.4, 0.5) is 33.2 Å². The minimum atomic E-state index is -0.602. The molecule has 2 aromatic carbocycles. The van der Waals surface area contributed by atoms with Crippen molar-refractivity contribution in [3.63, 3.8) is 0 Å². The first-order valence-electron chi connectivity index (χ1n) is 9.92. The number of carbonyl (C=O) groups is 1. The van der Waals surface area contributed by atoms with Gasteiger partial charge in [0.1, 0.15) is 5.75 Å². The molecule has 1 unspecified atom stereocenters. The number of nitrogens with zero attached hydrogens (tertiary/aromatic N) is 2. The Morgan fingerprint density at radius 1 is 1.16 bits per heavy atom. The lowest BCUT2D eigenvalue weighted by molar-refractivity contribution is -0.117. The third-order valence-electron chi connectivity index (χ3n) is 4.35. The van der Waals surface area contributed by atoms with Gasteiger partial charge in [0.2, 0.25) is 5.95 Å². The Hall–Kier alpha value is -3.72. The molecule has 31 heavy (non-hydrogen) atoms. The average molecular weight is 423 g/mol. The third kappa shape index (κ3) is 5.67. The van der Waals surface area contributed by atoms with Crippen LogP contribution in [0.3, 0.4) is 0 Å². The number of amides is 1. The van der Waals surface area contributed by atoms with Gasteiger partial charge in [0, 0.05) is 17.1 Å². The van der Waals surface area contributed by atoms with E-state index in [1.54, 1.807) is 24.3 Å². The summed E-state index contributed by atoms with van der Waals surface area (Å²) in [6, 6.07) is 14.3. The first-order chi connectivity index (χ1) is 15.1. The van der Waals surface area contributed by atoms with Crippen molar-refractivity contribution in [2.45, 2.75) is 19.4 Å². The number of benzene rings is 2. The molecule has 1 aromatic heterocycles. The number of halogens is 1. The zero-order valence-electron chi connectivity index (χ0n) is 16.9. The number of hydrogen-bond acceptors (Lipinski definition) is 7. The number of hydrogen-bond donors (Lipinski definition) is 3. The van der Waals surface area contributed by atoms with Gasteiger partial charge in [0.25, 0.3) is 5.91 Å². The number of aromatic nitrogens is 2. The maximum Gasteiger partial charge on any atom is 0.255 e. The van der Waals surface area contributed by atoms with Crippen molar-refractivity contribution in [3.8, 4) is 5.75 Å². The molecule has 0 radical (unpaired) electrons. The molecule has 1 aliphatic heterocycles. The van der Waals surface area contributed by atoms with Crippen LogP contribution < -0.4 is 20.7 Å². The maximum atomic E-state index is 14.3. The Morgan fingerprint density at radius 2 is 1.94 bits per heavy atom. The van der Waals surface area contributed by atoms with Crippen LogP contribution in [-0.4, -0.2) is 35.2 Å². The molecule has 9 heteroatoms. The lowest BCUT2D eigenvalue weighted by atomic mass is 10.2. The van der Waals surface area contributed by atoms with E-state index < -0.39 is 11.9 Å². The second-order valence-electron chi connectivity index (χ2n) is 6.91. The highest BCUT2D eigenvalue weighted by Crippen LogP contribution is 2.24. The van der Waals surface area contributed by atoms with Crippen molar-refractivity contribution in [1.29, 1.82) is 0 Å². The van der Waals surface area contributed by atoms with Gasteiger partial charge in [-0.2, -0.15) is 4.98 Å². The first-order valence-corrected chi connectivity index (χ1v) is 9.92. The predicted molar refractivity (Wildman–Crippen MR) is 116 cm³/mol. The van der Waals surface area contributed by atoms with Gasteiger partial charge in [-0.15, -0.1) is 0 Å². The lowest BCUT2D eigenvalue weighted by Crippen LogP contribution is -2.17. The largest absolute Gasteiger partial charge is 0.494 e. The van der Waals surface area contributed by atoms with E-state index in [1.165, 1.54) is 0 Å². The molecule has 1 saturated heterocycles. The zero-order valence-corrected chi connectivity index (χ0v) is 16.9. The van der Waals surface area contributed by atoms with Gasteiger partial charge in [-0.05, 0) is 48.9 Å². The number of epoxide rings is 1. The molecule has 8 nitrogen and oxygen atoms in total. The van der Waals surface area contributed by atoms with Crippen molar-refractivity contribution in [2.75, 3.05) is 29.2 Å². The lowest BCUT2D eigenvalue weighted by Gasteiger charge is -2.11. The van der Waals surface area contributed by atoms with Crippen LogP contribution in [0.15, 0.2) is 54.7 Å². The Kier molecular flexibility index (Phi) is 6.23. The predicted octanol–water partition coefficient (Wildman–Crippen LogP) is 4.23. The summed E-state index contributed by atoms with van der Waals surface area (Å²) in [5.41, 5.74) is 1.88. The summed E-state index contributed by atoms with van der Waals surface area (Å²) in [7, 11) is 0. The van der Waals surface area contributed by atoms with E-state index in [0.717, 1.165) is 24.1 Å². The summed E-state index contributed by atoms with van der Waals surface area (Å²) >= 11 is 0. The molecular formula is C22H22FN5O3. The fourth-order valence-electron chi connectivity index (χ4n) is 2.73. The molecule has 1 aliphatic rings. The molecule has 2 heterocycles. The smallest absolute Gasteiger partial charge is 0.255 e. The van der Waals surface area contributed by atoms with E-state index in [1.807, 2.05) is 31.2 Å². The molecule has 1 atom stereocenters. The van der Waals surface area contributed by atoms with E-state index in [-0.39, 0.29) is 17.7 Å². The molecule has 0 spiro atoms. The minimum absolute atomic E-state index is 0.00871. The average Bonchev–Trinajstić information content (AvgIpc) is 3.62. The molecule has 160 valence electrons. The SMILES string of the molecule is CCCOc1ccc(Nc2ncc(F)c(Nc3cccc(NC(=O)C4CO4)c3)n2)cc1. The summed E-state index contributed by atoms with van der Waals surface area (Å²) in [5.74, 6) is 0.212. The Labute approximate surface area is 178 Å². The quantitative estimate of drug-likeness (QED) is 0.443. The number of rotatable bonds is 9. The molecule has 3 N–H and O–H groups in total. The summed E-state index contributed by atoms with van der Waals surface area (Å²) in [4.78, 5) is 20.0. The number of carbonyl (C=O) groups excluding carboxylic acids is 1. The van der Waals surface area contributed by atoms with Gasteiger partial charge in [0.05, 0.1) is 19.4 Å². The molecule has 4 rings (SSSR count). The summed E-state index contributed by atoms with van der Waals surface area (Å²) in [6.07, 6.45) is 1.63. The van der Waals surface area contributed by atoms with Crippen molar-refractivity contribution < 1.29 is 18.7 Å². The monoisotopic (exact) mass is 423 g/mol. The molecule has 0 aliphatic carbocycles. The van der Waals surface area contributed by atoms with Crippen LogP contribution in [0.2, 0.25) is 0 Å². The van der Waals surface area contributed by atoms with Gasteiger partial charge in [-0.3, -0.25) is 4.79 Å². The fourth-order valence-corrected chi connectivity index (χ4v) is 2.73. The van der Waals surface area contributed by atoms with Crippen molar-refractivity contribution in [1.82, 2.24) is 9.97 Å². The minimum Gasteiger partial charge on any atom is -0.494 e. The van der Waals surface area contributed by atoms with Crippen LogP contribution in [0.25, 0.3) is 0 Å². The van der Waals surface area contributed by atoms with E-state index in [2.05, 4.69) is 25.9 Å². The van der Waals surface area contributed by atoms with Gasteiger partial charge in [-0.1, -0.05) is 13.0 Å². The topological polar surface area (TPSA) is 101 Å². The molecule has 3 aromatic rings. The standard InChI is InChI=1S/C22H22FN5O3/c1-2-10-30-17-8-6-14(7-9-17)27-22-24-12-18(23)20(28-22)25-15-4-3-5-16(11-15)26-21(29)19-13-31-19/h3-9,11-12,19H,2,10,13H2,1H3,(H,26,29)(H2,24,25,27,28). The van der Waals surface area contributed by atoms with E-state index in [4.69, 9.17) is 9.47 Å². The van der Waals surface area contributed by atoms with Crippen molar-refractivity contribution in [3.05, 3.63) is 60.5 Å². The molecule has 0 bridgehead atoms. The van der Waals surface area contributed by atoms with E-state index >= 15 is 0 Å².